The highest BCUT2D eigenvalue weighted by molar-refractivity contribution is 7.09. The number of methoxy groups -OCH3 is 2. The van der Waals surface area contributed by atoms with Gasteiger partial charge in [0.2, 0.25) is 5.91 Å². The van der Waals surface area contributed by atoms with Crippen LogP contribution in [0.15, 0.2) is 18.2 Å². The maximum atomic E-state index is 13.8. The van der Waals surface area contributed by atoms with E-state index in [2.05, 4.69) is 15.0 Å². The lowest BCUT2D eigenvalue weighted by molar-refractivity contribution is -0.120. The van der Waals surface area contributed by atoms with Crippen molar-refractivity contribution in [2.24, 2.45) is 0 Å². The summed E-state index contributed by atoms with van der Waals surface area (Å²) in [6.45, 7) is -0.217. The molecule has 1 aromatic carbocycles. The van der Waals surface area contributed by atoms with Crippen molar-refractivity contribution >= 4 is 40.6 Å². The second kappa shape index (κ2) is 12.9. The molecule has 2 saturated carbocycles. The lowest BCUT2D eigenvalue weighted by atomic mass is 9.95. The quantitative estimate of drug-likeness (QED) is 0.436. The Morgan fingerprint density at radius 1 is 0.947 bits per heavy atom. The molecule has 3 amide bonds. The summed E-state index contributed by atoms with van der Waals surface area (Å²) in [7, 11) is 3.03. The van der Waals surface area contributed by atoms with Gasteiger partial charge < -0.3 is 25.8 Å². The summed E-state index contributed by atoms with van der Waals surface area (Å²) in [4.78, 5) is 41.2. The third-order valence-corrected chi connectivity index (χ3v) is 8.12. The molecule has 2 aromatic rings. The van der Waals surface area contributed by atoms with E-state index < -0.39 is 5.91 Å². The third-order valence-electron chi connectivity index (χ3n) is 7.27. The number of ether oxygens (including phenoxy) is 2. The van der Waals surface area contributed by atoms with E-state index >= 15 is 0 Å². The monoisotopic (exact) mass is 543 g/mol. The second-order valence-corrected chi connectivity index (χ2v) is 10.7. The molecule has 0 unspecified atom stereocenters. The molecule has 4 N–H and O–H groups in total. The largest absolute Gasteiger partial charge is 0.493 e. The first-order valence-corrected chi connectivity index (χ1v) is 14.1. The van der Waals surface area contributed by atoms with Crippen LogP contribution in [0, 0.1) is 0 Å². The first-order chi connectivity index (χ1) is 18.4. The Balaban J connectivity index is 1.58. The SMILES string of the molecule is COc1ccc(N(CC(=O)NC2CCCCC2)C(=O)c2snc(C(=O)NC3CCCCC3)c2N)cc1OC. The Morgan fingerprint density at radius 3 is 2.16 bits per heavy atom. The molecule has 38 heavy (non-hydrogen) atoms. The van der Waals surface area contributed by atoms with Crippen molar-refractivity contribution in [1.29, 1.82) is 0 Å². The molecule has 0 spiro atoms. The molecule has 2 fully saturated rings. The van der Waals surface area contributed by atoms with E-state index in [4.69, 9.17) is 15.2 Å². The summed E-state index contributed by atoms with van der Waals surface area (Å²) in [5.41, 5.74) is 6.80. The molecule has 206 valence electrons. The zero-order valence-corrected chi connectivity index (χ0v) is 22.9. The number of aromatic nitrogens is 1. The van der Waals surface area contributed by atoms with Gasteiger partial charge in [-0.1, -0.05) is 38.5 Å². The van der Waals surface area contributed by atoms with Crippen LogP contribution in [0.3, 0.4) is 0 Å². The Hall–Kier alpha value is -3.34. The van der Waals surface area contributed by atoms with Crippen LogP contribution in [0.4, 0.5) is 11.4 Å². The molecule has 0 aliphatic heterocycles. The fourth-order valence-electron chi connectivity index (χ4n) is 5.18. The van der Waals surface area contributed by atoms with Gasteiger partial charge in [0.1, 0.15) is 11.4 Å². The topological polar surface area (TPSA) is 136 Å². The molecule has 0 radical (unpaired) electrons. The zero-order chi connectivity index (χ0) is 27.1. The first-order valence-electron chi connectivity index (χ1n) is 13.3. The van der Waals surface area contributed by atoms with E-state index in [9.17, 15) is 14.4 Å². The van der Waals surface area contributed by atoms with Gasteiger partial charge in [-0.05, 0) is 49.3 Å². The number of amides is 3. The maximum Gasteiger partial charge on any atom is 0.273 e. The minimum Gasteiger partial charge on any atom is -0.493 e. The normalized spacial score (nSPS) is 16.5. The molecule has 0 atom stereocenters. The Bertz CT molecular complexity index is 1140. The van der Waals surface area contributed by atoms with Crippen molar-refractivity contribution in [3.05, 3.63) is 28.8 Å². The first kappa shape index (κ1) is 27.7. The zero-order valence-electron chi connectivity index (χ0n) is 22.1. The highest BCUT2D eigenvalue weighted by Crippen LogP contribution is 2.33. The maximum absolute atomic E-state index is 13.8. The molecule has 11 heteroatoms. The number of carbonyl (C=O) groups is 3. The summed E-state index contributed by atoms with van der Waals surface area (Å²) in [5.74, 6) is -0.242. The van der Waals surface area contributed by atoms with Crippen molar-refractivity contribution in [1.82, 2.24) is 15.0 Å². The van der Waals surface area contributed by atoms with Crippen LogP contribution < -0.4 is 30.7 Å². The smallest absolute Gasteiger partial charge is 0.273 e. The lowest BCUT2D eigenvalue weighted by Gasteiger charge is -2.26. The fraction of sp³-hybridized carbons (Fsp3) is 0.556. The van der Waals surface area contributed by atoms with Crippen molar-refractivity contribution in [3.8, 4) is 11.5 Å². The van der Waals surface area contributed by atoms with Crippen LogP contribution in [-0.4, -0.2) is 54.9 Å². The Morgan fingerprint density at radius 2 is 1.55 bits per heavy atom. The summed E-state index contributed by atoms with van der Waals surface area (Å²) in [6, 6.07) is 5.18. The van der Waals surface area contributed by atoms with Crippen molar-refractivity contribution in [2.75, 3.05) is 31.4 Å². The second-order valence-electron chi connectivity index (χ2n) is 9.92. The summed E-state index contributed by atoms with van der Waals surface area (Å²) < 4.78 is 15.0. The summed E-state index contributed by atoms with van der Waals surface area (Å²) in [5, 5.41) is 6.06. The number of carbonyl (C=O) groups excluding carboxylic acids is 3. The van der Waals surface area contributed by atoms with Gasteiger partial charge in [0.05, 0.1) is 19.9 Å². The molecule has 1 aromatic heterocycles. The predicted molar refractivity (Wildman–Crippen MR) is 147 cm³/mol. The van der Waals surface area contributed by atoms with Gasteiger partial charge >= 0.3 is 0 Å². The number of nitrogens with one attached hydrogen (secondary N) is 2. The van der Waals surface area contributed by atoms with Gasteiger partial charge in [0.25, 0.3) is 11.8 Å². The van der Waals surface area contributed by atoms with Crippen molar-refractivity contribution in [2.45, 2.75) is 76.3 Å². The molecular weight excluding hydrogens is 506 g/mol. The molecule has 0 saturated heterocycles. The van der Waals surface area contributed by atoms with Gasteiger partial charge in [-0.25, -0.2) is 0 Å². The number of anilines is 2. The summed E-state index contributed by atoms with van der Waals surface area (Å²) >= 11 is 0.863. The lowest BCUT2D eigenvalue weighted by Crippen LogP contribution is -2.45. The van der Waals surface area contributed by atoms with Crippen molar-refractivity contribution < 1.29 is 23.9 Å². The molecular formula is C27H37N5O5S. The molecule has 2 aliphatic rings. The number of nitrogens with two attached hydrogens (primary N) is 1. The number of benzene rings is 1. The van der Waals surface area contributed by atoms with E-state index in [0.29, 0.717) is 17.2 Å². The minimum absolute atomic E-state index is 0.0199. The minimum atomic E-state index is -0.511. The van der Waals surface area contributed by atoms with Crippen molar-refractivity contribution in [3.63, 3.8) is 0 Å². The number of nitrogen functional groups attached to an aromatic ring is 1. The molecule has 1 heterocycles. The van der Waals surface area contributed by atoms with Crippen LogP contribution in [0.25, 0.3) is 0 Å². The van der Waals surface area contributed by atoms with Crippen LogP contribution in [0.2, 0.25) is 0 Å². The van der Waals surface area contributed by atoms with Gasteiger partial charge in [0.15, 0.2) is 17.2 Å². The Labute approximate surface area is 227 Å². The van der Waals surface area contributed by atoms with Gasteiger partial charge in [-0.3, -0.25) is 19.3 Å². The van der Waals surface area contributed by atoms with Crippen LogP contribution in [0.1, 0.15) is 84.4 Å². The fourth-order valence-corrected chi connectivity index (χ4v) is 5.92. The van der Waals surface area contributed by atoms with E-state index in [1.165, 1.54) is 32.0 Å². The molecule has 2 aliphatic carbocycles. The van der Waals surface area contributed by atoms with Gasteiger partial charge in [-0.15, -0.1) is 0 Å². The highest BCUT2D eigenvalue weighted by Gasteiger charge is 2.30. The summed E-state index contributed by atoms with van der Waals surface area (Å²) in [6.07, 6.45) is 10.3. The van der Waals surface area contributed by atoms with Crippen LogP contribution in [-0.2, 0) is 4.79 Å². The third kappa shape index (κ3) is 6.56. The molecule has 4 rings (SSSR count). The number of hydrogen-bond acceptors (Lipinski definition) is 8. The number of rotatable bonds is 9. The molecule has 0 bridgehead atoms. The standard InChI is InChI=1S/C27H37N5O5S/c1-36-20-14-13-19(15-21(20)37-2)32(16-22(33)29-17-9-5-3-6-10-17)27(35)25-23(28)24(31-38-25)26(34)30-18-11-7-4-8-12-18/h13-15,17-18H,3-12,16,28H2,1-2H3,(H,29,33)(H,30,34). The highest BCUT2D eigenvalue weighted by atomic mass is 32.1. The predicted octanol–water partition coefficient (Wildman–Crippen LogP) is 3.90. The number of hydrogen-bond donors (Lipinski definition) is 3. The average Bonchev–Trinajstić information content (AvgIpc) is 3.33. The Kier molecular flexibility index (Phi) is 9.43. The average molecular weight is 544 g/mol. The van der Waals surface area contributed by atoms with E-state index in [-0.39, 0.29) is 46.7 Å². The van der Waals surface area contributed by atoms with Crippen LogP contribution >= 0.6 is 11.5 Å². The van der Waals surface area contributed by atoms with E-state index in [1.807, 2.05) is 0 Å². The molecule has 10 nitrogen and oxygen atoms in total. The van der Waals surface area contributed by atoms with Crippen LogP contribution in [0.5, 0.6) is 11.5 Å². The van der Waals surface area contributed by atoms with Gasteiger partial charge in [-0.2, -0.15) is 4.37 Å². The van der Waals surface area contributed by atoms with Gasteiger partial charge in [0, 0.05) is 23.8 Å². The van der Waals surface area contributed by atoms with E-state index in [1.54, 1.807) is 18.2 Å². The van der Waals surface area contributed by atoms with E-state index in [0.717, 1.165) is 62.9 Å². The number of nitrogens with zero attached hydrogens (tertiary/aromatic N) is 2.